The van der Waals surface area contributed by atoms with Crippen LogP contribution >= 0.6 is 0 Å². The molecule has 0 atom stereocenters. The van der Waals surface area contributed by atoms with Gasteiger partial charge in [-0.05, 0) is 18.1 Å². The molecule has 1 fully saturated rings. The van der Waals surface area contributed by atoms with E-state index in [-0.39, 0.29) is 11.7 Å². The molecule has 1 N–H and O–H groups in total. The molecule has 7 heteroatoms. The molecule has 2 aromatic rings. The highest BCUT2D eigenvalue weighted by atomic mass is 19.1. The normalized spacial score (nSPS) is 14.6. The summed E-state index contributed by atoms with van der Waals surface area (Å²) >= 11 is 0. The molecule has 1 aliphatic heterocycles. The molecule has 0 spiro atoms. The number of piperazine rings is 1. The van der Waals surface area contributed by atoms with Crippen LogP contribution in [0.3, 0.4) is 0 Å². The van der Waals surface area contributed by atoms with Crippen molar-refractivity contribution in [3.8, 4) is 0 Å². The molecule has 0 aliphatic carbocycles. The molecule has 2 heterocycles. The predicted molar refractivity (Wildman–Crippen MR) is 100 cm³/mol. The van der Waals surface area contributed by atoms with Crippen LogP contribution in [0.5, 0.6) is 0 Å². The Balaban J connectivity index is 1.63. The van der Waals surface area contributed by atoms with Gasteiger partial charge >= 0.3 is 0 Å². The van der Waals surface area contributed by atoms with Crippen molar-refractivity contribution in [3.05, 3.63) is 48.2 Å². The summed E-state index contributed by atoms with van der Waals surface area (Å²) in [5, 5.41) is 2.87. The number of anilines is 2. The molecule has 1 aromatic carbocycles. The van der Waals surface area contributed by atoms with E-state index in [1.165, 1.54) is 12.4 Å². The first-order valence-corrected chi connectivity index (χ1v) is 8.89. The van der Waals surface area contributed by atoms with Crippen molar-refractivity contribution in [1.82, 2.24) is 15.3 Å². The number of para-hydroxylation sites is 1. The van der Waals surface area contributed by atoms with E-state index >= 15 is 0 Å². The lowest BCUT2D eigenvalue weighted by atomic mass is 10.2. The summed E-state index contributed by atoms with van der Waals surface area (Å²) in [6, 6.07) is 8.54. The summed E-state index contributed by atoms with van der Waals surface area (Å²) in [5.74, 6) is 0.717. The zero-order valence-electron chi connectivity index (χ0n) is 15.2. The minimum atomic E-state index is -0.202. The summed E-state index contributed by atoms with van der Waals surface area (Å²) < 4.78 is 13.9. The van der Waals surface area contributed by atoms with Crippen molar-refractivity contribution in [2.75, 3.05) is 42.5 Å². The summed E-state index contributed by atoms with van der Waals surface area (Å²) in [6.45, 7) is 7.50. The van der Waals surface area contributed by atoms with Crippen LogP contribution < -0.4 is 15.1 Å². The molecule has 1 amide bonds. The van der Waals surface area contributed by atoms with Crippen LogP contribution in [-0.4, -0.2) is 48.6 Å². The molecule has 0 bridgehead atoms. The highest BCUT2D eigenvalue weighted by Crippen LogP contribution is 2.22. The van der Waals surface area contributed by atoms with Gasteiger partial charge in [-0.25, -0.2) is 14.4 Å². The van der Waals surface area contributed by atoms with E-state index in [2.05, 4.69) is 20.2 Å². The number of aromatic nitrogens is 2. The Morgan fingerprint density at radius 3 is 2.54 bits per heavy atom. The number of benzene rings is 1. The molecule has 0 radical (unpaired) electrons. The van der Waals surface area contributed by atoms with E-state index in [0.29, 0.717) is 50.0 Å². The predicted octanol–water partition coefficient (Wildman–Crippen LogP) is 2.33. The average molecular weight is 357 g/mol. The van der Waals surface area contributed by atoms with Crippen molar-refractivity contribution in [3.63, 3.8) is 0 Å². The number of hydrogen-bond donors (Lipinski definition) is 1. The number of amides is 1. The van der Waals surface area contributed by atoms with Crippen LogP contribution in [0.15, 0.2) is 36.7 Å². The van der Waals surface area contributed by atoms with E-state index in [1.807, 2.05) is 24.8 Å². The molecule has 0 unspecified atom stereocenters. The van der Waals surface area contributed by atoms with Gasteiger partial charge in [-0.1, -0.05) is 26.0 Å². The number of carbonyl (C=O) groups excluding carboxylic acids is 1. The van der Waals surface area contributed by atoms with Gasteiger partial charge in [0.05, 0.1) is 5.69 Å². The Bertz CT molecular complexity index is 759. The van der Waals surface area contributed by atoms with E-state index in [1.54, 1.807) is 18.2 Å². The van der Waals surface area contributed by atoms with Crippen LogP contribution in [0, 0.1) is 11.7 Å². The minimum Gasteiger partial charge on any atom is -0.366 e. The highest BCUT2D eigenvalue weighted by Gasteiger charge is 2.21. The third-order valence-corrected chi connectivity index (χ3v) is 4.35. The molecule has 1 aromatic heterocycles. The molecule has 1 saturated heterocycles. The van der Waals surface area contributed by atoms with E-state index in [9.17, 15) is 9.18 Å². The lowest BCUT2D eigenvalue weighted by molar-refractivity contribution is 0.0944. The molecular formula is C19H24FN5O. The number of halogens is 1. The summed E-state index contributed by atoms with van der Waals surface area (Å²) in [6.07, 6.45) is 1.42. The number of rotatable bonds is 5. The second-order valence-electron chi connectivity index (χ2n) is 6.79. The first-order chi connectivity index (χ1) is 12.5. The topological polar surface area (TPSA) is 61.4 Å². The maximum absolute atomic E-state index is 13.9. The molecule has 1 aliphatic rings. The third-order valence-electron chi connectivity index (χ3n) is 4.35. The largest absolute Gasteiger partial charge is 0.366 e. The fourth-order valence-electron chi connectivity index (χ4n) is 2.92. The number of carbonyl (C=O) groups is 1. The zero-order valence-corrected chi connectivity index (χ0v) is 15.2. The van der Waals surface area contributed by atoms with E-state index < -0.39 is 0 Å². The molecule has 0 saturated carbocycles. The smallest absolute Gasteiger partial charge is 0.270 e. The Morgan fingerprint density at radius 2 is 1.85 bits per heavy atom. The van der Waals surface area contributed by atoms with Crippen molar-refractivity contribution in [1.29, 1.82) is 0 Å². The standard InChI is InChI=1S/C19H24FN5O/c1-14(2)12-21-19(26)16-11-18(23-13-22-16)25-9-7-24(8-10-25)17-6-4-3-5-15(17)20/h3-6,11,13-14H,7-10,12H2,1-2H3,(H,21,26). The van der Waals surface area contributed by atoms with Crippen LogP contribution in [0.25, 0.3) is 0 Å². The molecule has 26 heavy (non-hydrogen) atoms. The van der Waals surface area contributed by atoms with Gasteiger partial charge in [0, 0.05) is 38.8 Å². The summed E-state index contributed by atoms with van der Waals surface area (Å²) in [5.41, 5.74) is 0.996. The van der Waals surface area contributed by atoms with Gasteiger partial charge in [-0.2, -0.15) is 0 Å². The van der Waals surface area contributed by atoms with Gasteiger partial charge in [0.15, 0.2) is 0 Å². The lowest BCUT2D eigenvalue weighted by Crippen LogP contribution is -2.47. The quantitative estimate of drug-likeness (QED) is 0.890. The van der Waals surface area contributed by atoms with Gasteiger partial charge in [0.2, 0.25) is 0 Å². The average Bonchev–Trinajstić information content (AvgIpc) is 2.67. The van der Waals surface area contributed by atoms with Crippen molar-refractivity contribution in [2.45, 2.75) is 13.8 Å². The Kier molecular flexibility index (Phi) is 5.65. The van der Waals surface area contributed by atoms with Gasteiger partial charge < -0.3 is 15.1 Å². The lowest BCUT2D eigenvalue weighted by Gasteiger charge is -2.36. The first kappa shape index (κ1) is 18.1. The number of nitrogens with one attached hydrogen (secondary N) is 1. The van der Waals surface area contributed by atoms with Gasteiger partial charge in [-0.15, -0.1) is 0 Å². The van der Waals surface area contributed by atoms with E-state index in [0.717, 1.165) is 5.82 Å². The van der Waals surface area contributed by atoms with Crippen molar-refractivity contribution in [2.24, 2.45) is 5.92 Å². The van der Waals surface area contributed by atoms with Gasteiger partial charge in [-0.3, -0.25) is 4.79 Å². The van der Waals surface area contributed by atoms with Gasteiger partial charge in [0.1, 0.15) is 23.7 Å². The second-order valence-corrected chi connectivity index (χ2v) is 6.79. The second kappa shape index (κ2) is 8.12. The SMILES string of the molecule is CC(C)CNC(=O)c1cc(N2CCN(c3ccccc3F)CC2)ncn1. The molecular weight excluding hydrogens is 333 g/mol. The first-order valence-electron chi connectivity index (χ1n) is 8.89. The molecule has 3 rings (SSSR count). The molecule has 6 nitrogen and oxygen atoms in total. The van der Waals surface area contributed by atoms with Gasteiger partial charge in [0.25, 0.3) is 5.91 Å². The summed E-state index contributed by atoms with van der Waals surface area (Å²) in [4.78, 5) is 24.7. The Hall–Kier alpha value is -2.70. The maximum atomic E-state index is 13.9. The number of hydrogen-bond acceptors (Lipinski definition) is 5. The van der Waals surface area contributed by atoms with Crippen molar-refractivity contribution < 1.29 is 9.18 Å². The Labute approximate surface area is 153 Å². The van der Waals surface area contributed by atoms with Crippen LogP contribution in [0.4, 0.5) is 15.9 Å². The minimum absolute atomic E-state index is 0.188. The molecule has 138 valence electrons. The summed E-state index contributed by atoms with van der Waals surface area (Å²) in [7, 11) is 0. The highest BCUT2D eigenvalue weighted by molar-refractivity contribution is 5.92. The fraction of sp³-hybridized carbons (Fsp3) is 0.421. The third kappa shape index (κ3) is 4.28. The Morgan fingerprint density at radius 1 is 1.15 bits per heavy atom. The fourth-order valence-corrected chi connectivity index (χ4v) is 2.92. The monoisotopic (exact) mass is 357 g/mol. The van der Waals surface area contributed by atoms with Crippen molar-refractivity contribution >= 4 is 17.4 Å². The van der Waals surface area contributed by atoms with E-state index in [4.69, 9.17) is 0 Å². The van der Waals surface area contributed by atoms with Crippen LogP contribution in [0.1, 0.15) is 24.3 Å². The van der Waals surface area contributed by atoms with Crippen LogP contribution in [-0.2, 0) is 0 Å². The van der Waals surface area contributed by atoms with Crippen LogP contribution in [0.2, 0.25) is 0 Å². The zero-order chi connectivity index (χ0) is 18.5. The number of nitrogens with zero attached hydrogens (tertiary/aromatic N) is 4. The maximum Gasteiger partial charge on any atom is 0.270 e.